The maximum absolute atomic E-state index is 14.6. The first-order valence-corrected chi connectivity index (χ1v) is 11.6. The highest BCUT2D eigenvalue weighted by Gasteiger charge is 2.18. The Morgan fingerprint density at radius 1 is 1.00 bits per heavy atom. The molecule has 8 heteroatoms. The molecule has 6 nitrogen and oxygen atoms in total. The second-order valence-electron chi connectivity index (χ2n) is 7.60. The predicted octanol–water partition coefficient (Wildman–Crippen LogP) is 5.54. The number of nitrogens with zero attached hydrogens (tertiary/aromatic N) is 3. The molecule has 0 saturated carbocycles. The molecule has 0 saturated heterocycles. The van der Waals surface area contributed by atoms with Gasteiger partial charge in [0.05, 0.1) is 19.2 Å². The summed E-state index contributed by atoms with van der Waals surface area (Å²) in [6.07, 6.45) is 0. The zero-order valence-corrected chi connectivity index (χ0v) is 19.1. The molecular weight excluding hydrogens is 453 g/mol. The van der Waals surface area contributed by atoms with Gasteiger partial charge < -0.3 is 9.15 Å². The van der Waals surface area contributed by atoms with Crippen LogP contribution in [0.25, 0.3) is 22.4 Å². The molecule has 0 unspecified atom stereocenters. The van der Waals surface area contributed by atoms with Crippen molar-refractivity contribution in [2.75, 3.05) is 7.11 Å². The minimum Gasteiger partial charge on any atom is -0.497 e. The average molecular weight is 474 g/mol. The first kappa shape index (κ1) is 21.9. The lowest BCUT2D eigenvalue weighted by Crippen LogP contribution is -2.05. The SMILES string of the molecule is COc1ccc2c(CSc3nnc(-c4ccccc4F)n3Cc3ccccc3)cc(=O)oc2c1. The summed E-state index contributed by atoms with van der Waals surface area (Å²) in [6.45, 7) is 0.481. The van der Waals surface area contributed by atoms with Crippen LogP contribution < -0.4 is 10.4 Å². The van der Waals surface area contributed by atoms with Crippen LogP contribution in [0.2, 0.25) is 0 Å². The molecule has 5 aromatic rings. The maximum Gasteiger partial charge on any atom is 0.336 e. The highest BCUT2D eigenvalue weighted by atomic mass is 32.2. The van der Waals surface area contributed by atoms with Gasteiger partial charge in [-0.25, -0.2) is 9.18 Å². The van der Waals surface area contributed by atoms with Crippen molar-refractivity contribution in [1.29, 1.82) is 0 Å². The van der Waals surface area contributed by atoms with Crippen LogP contribution in [-0.2, 0) is 12.3 Å². The van der Waals surface area contributed by atoms with Crippen LogP contribution in [0.15, 0.2) is 93.2 Å². The largest absolute Gasteiger partial charge is 0.497 e. The Morgan fingerprint density at radius 3 is 2.59 bits per heavy atom. The third kappa shape index (κ3) is 4.45. The average Bonchev–Trinajstić information content (AvgIpc) is 3.24. The summed E-state index contributed by atoms with van der Waals surface area (Å²) < 4.78 is 27.1. The lowest BCUT2D eigenvalue weighted by molar-refractivity contribution is 0.414. The van der Waals surface area contributed by atoms with E-state index in [2.05, 4.69) is 10.2 Å². The van der Waals surface area contributed by atoms with Gasteiger partial charge in [-0.15, -0.1) is 10.2 Å². The third-order valence-corrected chi connectivity index (χ3v) is 6.42. The van der Waals surface area contributed by atoms with Gasteiger partial charge in [0, 0.05) is 23.3 Å². The number of halogens is 1. The minimum absolute atomic E-state index is 0.360. The fourth-order valence-corrected chi connectivity index (χ4v) is 4.67. The quantitative estimate of drug-likeness (QED) is 0.228. The molecule has 0 spiro atoms. The Kier molecular flexibility index (Phi) is 6.14. The van der Waals surface area contributed by atoms with E-state index in [-0.39, 0.29) is 5.82 Å². The van der Waals surface area contributed by atoms with Crippen LogP contribution in [0, 0.1) is 5.82 Å². The Bertz CT molecular complexity index is 1520. The molecule has 2 aromatic heterocycles. The molecule has 3 aromatic carbocycles. The highest BCUT2D eigenvalue weighted by Crippen LogP contribution is 2.31. The Balaban J connectivity index is 1.52. The number of ether oxygens (including phenoxy) is 1. The molecule has 0 aliphatic heterocycles. The molecule has 0 bridgehead atoms. The monoisotopic (exact) mass is 473 g/mol. The van der Waals surface area contributed by atoms with Gasteiger partial charge >= 0.3 is 5.63 Å². The first-order chi connectivity index (χ1) is 16.6. The van der Waals surface area contributed by atoms with Crippen molar-refractivity contribution < 1.29 is 13.5 Å². The molecule has 2 heterocycles. The molecule has 0 atom stereocenters. The minimum atomic E-state index is -0.436. The zero-order chi connectivity index (χ0) is 23.5. The Hall–Kier alpha value is -3.91. The number of fused-ring (bicyclic) bond motifs is 1. The number of hydrogen-bond donors (Lipinski definition) is 0. The maximum atomic E-state index is 14.6. The van der Waals surface area contributed by atoms with Crippen LogP contribution in [-0.4, -0.2) is 21.9 Å². The van der Waals surface area contributed by atoms with Crippen LogP contribution in [0.5, 0.6) is 5.75 Å². The number of rotatable bonds is 7. The van der Waals surface area contributed by atoms with Gasteiger partial charge in [0.15, 0.2) is 11.0 Å². The highest BCUT2D eigenvalue weighted by molar-refractivity contribution is 7.98. The van der Waals surface area contributed by atoms with Crippen molar-refractivity contribution in [3.8, 4) is 17.1 Å². The lowest BCUT2D eigenvalue weighted by Gasteiger charge is -2.11. The van der Waals surface area contributed by atoms with E-state index in [1.165, 1.54) is 23.9 Å². The van der Waals surface area contributed by atoms with Gasteiger partial charge in [-0.05, 0) is 35.4 Å². The van der Waals surface area contributed by atoms with Gasteiger partial charge in [0.25, 0.3) is 0 Å². The van der Waals surface area contributed by atoms with Crippen LogP contribution in [0.1, 0.15) is 11.1 Å². The van der Waals surface area contributed by atoms with Gasteiger partial charge in [-0.1, -0.05) is 54.2 Å². The Morgan fingerprint density at radius 2 is 1.79 bits per heavy atom. The first-order valence-electron chi connectivity index (χ1n) is 10.6. The molecule has 0 fully saturated rings. The number of aromatic nitrogens is 3. The smallest absolute Gasteiger partial charge is 0.336 e. The normalized spacial score (nSPS) is 11.1. The Labute approximate surface area is 199 Å². The lowest BCUT2D eigenvalue weighted by atomic mass is 10.1. The van der Waals surface area contributed by atoms with Crippen molar-refractivity contribution in [3.05, 3.63) is 106 Å². The number of benzene rings is 3. The van der Waals surface area contributed by atoms with E-state index in [1.54, 1.807) is 31.4 Å². The summed E-state index contributed by atoms with van der Waals surface area (Å²) in [5.74, 6) is 1.16. The van der Waals surface area contributed by atoms with Crippen LogP contribution in [0.4, 0.5) is 4.39 Å². The van der Waals surface area contributed by atoms with Crippen molar-refractivity contribution in [3.63, 3.8) is 0 Å². The number of hydrogen-bond acceptors (Lipinski definition) is 6. The molecular formula is C26H20FN3O3S. The van der Waals surface area contributed by atoms with Crippen LogP contribution >= 0.6 is 11.8 Å². The molecule has 0 aliphatic rings. The third-order valence-electron chi connectivity index (χ3n) is 5.41. The molecule has 0 radical (unpaired) electrons. The second-order valence-corrected chi connectivity index (χ2v) is 8.54. The summed E-state index contributed by atoms with van der Waals surface area (Å²) in [4.78, 5) is 12.2. The van der Waals surface area contributed by atoms with Crippen molar-refractivity contribution in [2.45, 2.75) is 17.5 Å². The molecule has 0 N–H and O–H groups in total. The van der Waals surface area contributed by atoms with Crippen LogP contribution in [0.3, 0.4) is 0 Å². The topological polar surface area (TPSA) is 70.2 Å². The summed E-state index contributed by atoms with van der Waals surface area (Å²) in [5.41, 5.74) is 2.25. The van der Waals surface area contributed by atoms with Gasteiger partial charge in [0.2, 0.25) is 0 Å². The van der Waals surface area contributed by atoms with Crippen molar-refractivity contribution in [1.82, 2.24) is 14.8 Å². The molecule has 0 amide bonds. The van der Waals surface area contributed by atoms with Crippen molar-refractivity contribution >= 4 is 22.7 Å². The number of methoxy groups -OCH3 is 1. The predicted molar refractivity (Wildman–Crippen MR) is 130 cm³/mol. The van der Waals surface area contributed by atoms with E-state index in [9.17, 15) is 9.18 Å². The molecule has 5 rings (SSSR count). The molecule has 34 heavy (non-hydrogen) atoms. The van der Waals surface area contributed by atoms with Gasteiger partial charge in [-0.3, -0.25) is 4.57 Å². The molecule has 0 aliphatic carbocycles. The zero-order valence-electron chi connectivity index (χ0n) is 18.3. The fraction of sp³-hybridized carbons (Fsp3) is 0.115. The van der Waals surface area contributed by atoms with Gasteiger partial charge in [-0.2, -0.15) is 0 Å². The fourth-order valence-electron chi connectivity index (χ4n) is 3.74. The van der Waals surface area contributed by atoms with E-state index in [0.717, 1.165) is 16.5 Å². The van der Waals surface area contributed by atoms with E-state index in [0.29, 0.717) is 40.2 Å². The van der Waals surface area contributed by atoms with E-state index >= 15 is 0 Å². The van der Waals surface area contributed by atoms with E-state index in [1.807, 2.05) is 47.0 Å². The standard InChI is InChI=1S/C26H20FN3O3S/c1-32-19-11-12-20-18(13-24(31)33-23(20)14-19)16-34-26-29-28-25(21-9-5-6-10-22(21)27)30(26)15-17-7-3-2-4-8-17/h2-14H,15-16H2,1H3. The summed E-state index contributed by atoms with van der Waals surface area (Å²) in [5, 5.41) is 10.1. The van der Waals surface area contributed by atoms with E-state index in [4.69, 9.17) is 9.15 Å². The van der Waals surface area contributed by atoms with E-state index < -0.39 is 5.63 Å². The summed E-state index contributed by atoms with van der Waals surface area (Å²) in [6, 6.07) is 23.3. The van der Waals surface area contributed by atoms with Gasteiger partial charge in [0.1, 0.15) is 17.1 Å². The second kappa shape index (κ2) is 9.52. The summed E-state index contributed by atoms with van der Waals surface area (Å²) >= 11 is 1.43. The summed E-state index contributed by atoms with van der Waals surface area (Å²) in [7, 11) is 1.56. The van der Waals surface area contributed by atoms with Crippen molar-refractivity contribution in [2.24, 2.45) is 0 Å². The molecule has 170 valence electrons. The number of thioether (sulfide) groups is 1.